The highest BCUT2D eigenvalue weighted by atomic mass is 32.2. The Hall–Kier alpha value is -1.23. The van der Waals surface area contributed by atoms with Crippen molar-refractivity contribution in [2.45, 2.75) is 49.0 Å². The maximum absolute atomic E-state index is 13.2. The molecule has 21 heavy (non-hydrogen) atoms. The minimum absolute atomic E-state index is 0.0485. The normalized spacial score (nSPS) is 30.8. The number of carbonyl (C=O) groups excluding carboxylic acids is 1. The van der Waals surface area contributed by atoms with Gasteiger partial charge in [0.1, 0.15) is 11.6 Å². The standard InChI is InChI=1S/C16H19FO3S/c17-13-4-1-3-11(7-13)8-16(18)12-9-14-5-2-6-15(10-12)21(14,19)20/h1,3-4,7,12,14-15H,2,5-6,8-10H2. The fraction of sp³-hybridized carbons (Fsp3) is 0.562. The Morgan fingerprint density at radius 1 is 1.19 bits per heavy atom. The van der Waals surface area contributed by atoms with Gasteiger partial charge >= 0.3 is 0 Å². The van der Waals surface area contributed by atoms with E-state index in [-0.39, 0.29) is 34.4 Å². The van der Waals surface area contributed by atoms with Crippen LogP contribution in [0.5, 0.6) is 0 Å². The van der Waals surface area contributed by atoms with Gasteiger partial charge in [0, 0.05) is 12.3 Å². The number of hydrogen-bond acceptors (Lipinski definition) is 3. The van der Waals surface area contributed by atoms with Gasteiger partial charge in [-0.15, -0.1) is 0 Å². The van der Waals surface area contributed by atoms with Gasteiger partial charge in [0.25, 0.3) is 0 Å². The molecular formula is C16H19FO3S. The summed E-state index contributed by atoms with van der Waals surface area (Å²) >= 11 is 0. The molecule has 5 heteroatoms. The molecule has 1 aromatic rings. The van der Waals surface area contributed by atoms with Crippen molar-refractivity contribution in [3.63, 3.8) is 0 Å². The van der Waals surface area contributed by atoms with E-state index in [0.29, 0.717) is 31.2 Å². The van der Waals surface area contributed by atoms with E-state index in [9.17, 15) is 17.6 Å². The van der Waals surface area contributed by atoms with Crippen LogP contribution in [0.15, 0.2) is 24.3 Å². The molecular weight excluding hydrogens is 291 g/mol. The molecule has 2 unspecified atom stereocenters. The maximum Gasteiger partial charge on any atom is 0.156 e. The Morgan fingerprint density at radius 2 is 1.86 bits per heavy atom. The van der Waals surface area contributed by atoms with Crippen molar-refractivity contribution in [2.24, 2.45) is 5.92 Å². The van der Waals surface area contributed by atoms with Gasteiger partial charge in [-0.3, -0.25) is 4.79 Å². The van der Waals surface area contributed by atoms with Crippen LogP contribution in [0.1, 0.15) is 37.7 Å². The smallest absolute Gasteiger partial charge is 0.156 e. The summed E-state index contributed by atoms with van der Waals surface area (Å²) in [6, 6.07) is 6.06. The molecule has 0 amide bonds. The molecule has 0 N–H and O–H groups in total. The Morgan fingerprint density at radius 3 is 2.48 bits per heavy atom. The lowest BCUT2D eigenvalue weighted by Gasteiger charge is -2.38. The summed E-state index contributed by atoms with van der Waals surface area (Å²) in [6.07, 6.45) is 3.41. The maximum atomic E-state index is 13.2. The Balaban J connectivity index is 1.72. The first-order chi connectivity index (χ1) is 9.96. The van der Waals surface area contributed by atoms with E-state index in [1.165, 1.54) is 12.1 Å². The monoisotopic (exact) mass is 310 g/mol. The van der Waals surface area contributed by atoms with Crippen LogP contribution >= 0.6 is 0 Å². The number of halogens is 1. The largest absolute Gasteiger partial charge is 0.299 e. The Labute approximate surface area is 124 Å². The van der Waals surface area contributed by atoms with E-state index in [1.54, 1.807) is 12.1 Å². The van der Waals surface area contributed by atoms with Gasteiger partial charge in [0.05, 0.1) is 10.5 Å². The van der Waals surface area contributed by atoms with Crippen LogP contribution in [0.3, 0.4) is 0 Å². The van der Waals surface area contributed by atoms with Crippen molar-refractivity contribution < 1.29 is 17.6 Å². The molecule has 2 aliphatic rings. The molecule has 2 heterocycles. The second kappa shape index (κ2) is 5.52. The first kappa shape index (κ1) is 14.7. The fourth-order valence-electron chi connectivity index (χ4n) is 3.66. The molecule has 114 valence electrons. The molecule has 3 rings (SSSR count). The van der Waals surface area contributed by atoms with Gasteiger partial charge in [-0.05, 0) is 43.4 Å². The highest BCUT2D eigenvalue weighted by molar-refractivity contribution is 7.92. The molecule has 0 aliphatic carbocycles. The molecule has 3 nitrogen and oxygen atoms in total. The highest BCUT2D eigenvalue weighted by Gasteiger charge is 2.45. The van der Waals surface area contributed by atoms with E-state index in [0.717, 1.165) is 6.42 Å². The molecule has 2 fully saturated rings. The van der Waals surface area contributed by atoms with Crippen molar-refractivity contribution in [3.05, 3.63) is 35.6 Å². The van der Waals surface area contributed by atoms with Crippen molar-refractivity contribution in [3.8, 4) is 0 Å². The topological polar surface area (TPSA) is 51.2 Å². The third-order valence-corrected chi connectivity index (χ3v) is 7.51. The van der Waals surface area contributed by atoms with Crippen LogP contribution in [0.2, 0.25) is 0 Å². The summed E-state index contributed by atoms with van der Waals surface area (Å²) in [5.74, 6) is -0.483. The van der Waals surface area contributed by atoms with Gasteiger partial charge in [-0.25, -0.2) is 12.8 Å². The summed E-state index contributed by atoms with van der Waals surface area (Å²) in [7, 11) is -3.02. The predicted octanol–water partition coefficient (Wildman–Crippen LogP) is 2.68. The van der Waals surface area contributed by atoms with E-state index < -0.39 is 9.84 Å². The van der Waals surface area contributed by atoms with Gasteiger partial charge in [0.2, 0.25) is 0 Å². The minimum Gasteiger partial charge on any atom is -0.299 e. The molecule has 2 bridgehead atoms. The summed E-state index contributed by atoms with van der Waals surface area (Å²) < 4.78 is 37.6. The first-order valence-corrected chi connectivity index (χ1v) is 9.07. The molecule has 0 spiro atoms. The van der Waals surface area contributed by atoms with E-state index >= 15 is 0 Å². The van der Waals surface area contributed by atoms with E-state index in [4.69, 9.17) is 0 Å². The summed E-state index contributed by atoms with van der Waals surface area (Å²) in [5.41, 5.74) is 0.665. The molecule has 0 aromatic heterocycles. The average molecular weight is 310 g/mol. The predicted molar refractivity (Wildman–Crippen MR) is 78.2 cm³/mol. The highest BCUT2D eigenvalue weighted by Crippen LogP contribution is 2.39. The van der Waals surface area contributed by atoms with E-state index in [1.807, 2.05) is 0 Å². The number of rotatable bonds is 3. The summed E-state index contributed by atoms with van der Waals surface area (Å²) in [5, 5.41) is -0.682. The Bertz CT molecular complexity index is 633. The zero-order valence-electron chi connectivity index (χ0n) is 11.8. The van der Waals surface area contributed by atoms with Crippen molar-refractivity contribution >= 4 is 15.6 Å². The van der Waals surface area contributed by atoms with Crippen molar-refractivity contribution in [1.29, 1.82) is 0 Å². The van der Waals surface area contributed by atoms with Crippen LogP contribution in [-0.4, -0.2) is 24.7 Å². The number of fused-ring (bicyclic) bond motifs is 2. The van der Waals surface area contributed by atoms with Crippen molar-refractivity contribution in [2.75, 3.05) is 0 Å². The number of sulfone groups is 1. The zero-order valence-corrected chi connectivity index (χ0v) is 12.6. The molecule has 2 saturated heterocycles. The van der Waals surface area contributed by atoms with Gasteiger partial charge in [-0.1, -0.05) is 18.6 Å². The zero-order chi connectivity index (χ0) is 15.0. The molecule has 2 atom stereocenters. The number of ketones is 1. The second-order valence-corrected chi connectivity index (χ2v) is 8.72. The van der Waals surface area contributed by atoms with Crippen LogP contribution in [0, 0.1) is 11.7 Å². The SMILES string of the molecule is O=C(Cc1cccc(F)c1)C1CC2CCCC(C1)S2(=O)=O. The quantitative estimate of drug-likeness (QED) is 0.862. The first-order valence-electron chi connectivity index (χ1n) is 7.46. The third-order valence-electron chi connectivity index (χ3n) is 4.80. The number of Topliss-reactive ketones (excluding diaryl/α,β-unsaturated/α-hetero) is 1. The molecule has 0 saturated carbocycles. The molecule has 2 aliphatic heterocycles. The average Bonchev–Trinajstić information content (AvgIpc) is 2.37. The van der Waals surface area contributed by atoms with Gasteiger partial charge in [0.15, 0.2) is 9.84 Å². The van der Waals surface area contributed by atoms with Crippen LogP contribution in [0.4, 0.5) is 4.39 Å². The summed E-state index contributed by atoms with van der Waals surface area (Å²) in [6.45, 7) is 0. The van der Waals surface area contributed by atoms with Gasteiger partial charge < -0.3 is 0 Å². The lowest BCUT2D eigenvalue weighted by atomic mass is 9.85. The number of hydrogen-bond donors (Lipinski definition) is 0. The lowest BCUT2D eigenvalue weighted by molar-refractivity contribution is -0.122. The summed E-state index contributed by atoms with van der Waals surface area (Å²) in [4.78, 5) is 12.4. The van der Waals surface area contributed by atoms with Gasteiger partial charge in [-0.2, -0.15) is 0 Å². The Kier molecular flexibility index (Phi) is 3.86. The van der Waals surface area contributed by atoms with Crippen LogP contribution in [-0.2, 0) is 21.1 Å². The number of benzene rings is 1. The fourth-order valence-corrected chi connectivity index (χ4v) is 6.20. The second-order valence-electron chi connectivity index (χ2n) is 6.21. The molecule has 0 radical (unpaired) electrons. The molecule has 1 aromatic carbocycles. The van der Waals surface area contributed by atoms with Crippen LogP contribution < -0.4 is 0 Å². The number of carbonyl (C=O) groups is 1. The third kappa shape index (κ3) is 2.89. The minimum atomic E-state index is -3.02. The van der Waals surface area contributed by atoms with Crippen molar-refractivity contribution in [1.82, 2.24) is 0 Å². The lowest BCUT2D eigenvalue weighted by Crippen LogP contribution is -2.45. The van der Waals surface area contributed by atoms with Crippen LogP contribution in [0.25, 0.3) is 0 Å². The van der Waals surface area contributed by atoms with E-state index in [2.05, 4.69) is 0 Å².